The van der Waals surface area contributed by atoms with E-state index in [-0.39, 0.29) is 23.4 Å². The Morgan fingerprint density at radius 3 is 2.38 bits per heavy atom. The fraction of sp³-hybridized carbons (Fsp3) is 0.286. The lowest BCUT2D eigenvalue weighted by Gasteiger charge is -2.18. The summed E-state index contributed by atoms with van der Waals surface area (Å²) in [4.78, 5) is 13.8. The highest BCUT2D eigenvalue weighted by Crippen LogP contribution is 2.25. The first-order valence-electron chi connectivity index (χ1n) is 9.22. The van der Waals surface area contributed by atoms with Gasteiger partial charge in [-0.3, -0.25) is 9.36 Å². The molecular formula is C21H24FN4O2S+. The minimum absolute atomic E-state index is 0.0147. The third-order valence-corrected chi connectivity index (χ3v) is 5.67. The molecule has 0 radical (unpaired) electrons. The highest BCUT2D eigenvalue weighted by Gasteiger charge is 2.24. The lowest BCUT2D eigenvalue weighted by molar-refractivity contribution is -0.890. The zero-order valence-electron chi connectivity index (χ0n) is 16.8. The summed E-state index contributed by atoms with van der Waals surface area (Å²) in [5.74, 6) is 1.36. The molecule has 0 unspecified atom stereocenters. The summed E-state index contributed by atoms with van der Waals surface area (Å²) >= 11 is 1.31. The first-order chi connectivity index (χ1) is 13.9. The molecule has 2 aromatic carbocycles. The lowest BCUT2D eigenvalue weighted by atomic mass is 10.1. The lowest BCUT2D eigenvalue weighted by Crippen LogP contribution is -3.05. The number of thioether (sulfide) groups is 1. The summed E-state index contributed by atoms with van der Waals surface area (Å²) in [7, 11) is 5.66. The molecule has 0 aliphatic heterocycles. The Bertz CT molecular complexity index is 971. The van der Waals surface area contributed by atoms with Crippen molar-refractivity contribution in [3.05, 3.63) is 65.7 Å². The molecule has 8 heteroatoms. The number of rotatable bonds is 8. The van der Waals surface area contributed by atoms with Crippen molar-refractivity contribution < 1.29 is 18.8 Å². The average molecular weight is 416 g/mol. The van der Waals surface area contributed by atoms with Crippen LogP contribution in [0.1, 0.15) is 29.1 Å². The third-order valence-electron chi connectivity index (χ3n) is 4.74. The van der Waals surface area contributed by atoms with E-state index in [4.69, 9.17) is 4.74 Å². The van der Waals surface area contributed by atoms with Gasteiger partial charge in [0.15, 0.2) is 16.8 Å². The number of hydrogen-bond donors (Lipinski definition) is 1. The Kier molecular flexibility index (Phi) is 6.66. The van der Waals surface area contributed by atoms with E-state index in [0.717, 1.165) is 11.5 Å². The molecule has 0 saturated carbocycles. The molecule has 3 rings (SSSR count). The van der Waals surface area contributed by atoms with Gasteiger partial charge in [-0.1, -0.05) is 11.8 Å². The number of carbonyl (C=O) groups is 1. The molecule has 0 spiro atoms. The molecule has 152 valence electrons. The third kappa shape index (κ3) is 4.83. The SMILES string of the molecule is COc1ccc(C(=O)CSc2nnc([C@@H](C)[NH+](C)C)n2-c2ccc(F)cc2)cc1. The molecule has 0 fully saturated rings. The highest BCUT2D eigenvalue weighted by atomic mass is 32.2. The van der Waals surface area contributed by atoms with Gasteiger partial charge in [-0.15, -0.1) is 10.2 Å². The Labute approximate surface area is 173 Å². The number of halogens is 1. The van der Waals surface area contributed by atoms with Crippen molar-refractivity contribution in [1.82, 2.24) is 14.8 Å². The quantitative estimate of drug-likeness (QED) is 0.453. The summed E-state index contributed by atoms with van der Waals surface area (Å²) in [5.41, 5.74) is 1.37. The van der Waals surface area contributed by atoms with Gasteiger partial charge in [0.05, 0.1) is 27.0 Å². The van der Waals surface area contributed by atoms with Gasteiger partial charge in [0.25, 0.3) is 0 Å². The van der Waals surface area contributed by atoms with E-state index in [1.54, 1.807) is 43.5 Å². The second-order valence-corrected chi connectivity index (χ2v) is 7.83. The van der Waals surface area contributed by atoms with E-state index < -0.39 is 0 Å². The molecule has 1 atom stereocenters. The minimum atomic E-state index is -0.307. The maximum Gasteiger partial charge on any atom is 0.196 e. The molecule has 29 heavy (non-hydrogen) atoms. The molecule has 1 aromatic heterocycles. The van der Waals surface area contributed by atoms with E-state index in [9.17, 15) is 9.18 Å². The van der Waals surface area contributed by atoms with Gasteiger partial charge < -0.3 is 9.64 Å². The number of nitrogens with zero attached hydrogens (tertiary/aromatic N) is 3. The van der Waals surface area contributed by atoms with Crippen LogP contribution in [0.4, 0.5) is 4.39 Å². The molecule has 6 nitrogen and oxygen atoms in total. The number of Topliss-reactive ketones (excluding diaryl/α,β-unsaturated/α-hetero) is 1. The van der Waals surface area contributed by atoms with Crippen LogP contribution in [0, 0.1) is 5.82 Å². The largest absolute Gasteiger partial charge is 0.497 e. The minimum Gasteiger partial charge on any atom is -0.497 e. The van der Waals surface area contributed by atoms with Gasteiger partial charge in [0.1, 0.15) is 17.6 Å². The summed E-state index contributed by atoms with van der Waals surface area (Å²) in [6.07, 6.45) is 0. The Balaban J connectivity index is 1.86. The van der Waals surface area contributed by atoms with E-state index in [2.05, 4.69) is 17.1 Å². The number of ether oxygens (including phenoxy) is 1. The maximum absolute atomic E-state index is 13.4. The summed E-state index contributed by atoms with van der Waals surface area (Å²) in [6.45, 7) is 2.05. The second-order valence-electron chi connectivity index (χ2n) is 6.89. The Hall–Kier alpha value is -2.71. The van der Waals surface area contributed by atoms with Gasteiger partial charge in [-0.2, -0.15) is 0 Å². The normalized spacial score (nSPS) is 12.2. The molecule has 0 saturated heterocycles. The smallest absolute Gasteiger partial charge is 0.196 e. The number of nitrogens with one attached hydrogen (secondary N) is 1. The van der Waals surface area contributed by atoms with Crippen molar-refractivity contribution in [2.45, 2.75) is 18.1 Å². The Morgan fingerprint density at radius 1 is 1.14 bits per heavy atom. The summed E-state index contributed by atoms with van der Waals surface area (Å²) < 4.78 is 20.4. The number of carbonyl (C=O) groups excluding carboxylic acids is 1. The van der Waals surface area contributed by atoms with E-state index >= 15 is 0 Å². The van der Waals surface area contributed by atoms with Crippen LogP contribution in [-0.2, 0) is 0 Å². The predicted molar refractivity (Wildman–Crippen MR) is 111 cm³/mol. The van der Waals surface area contributed by atoms with Gasteiger partial charge in [0.2, 0.25) is 0 Å². The second kappa shape index (κ2) is 9.19. The van der Waals surface area contributed by atoms with Crippen LogP contribution in [0.2, 0.25) is 0 Å². The van der Waals surface area contributed by atoms with Crippen LogP contribution in [-0.4, -0.2) is 47.5 Å². The first kappa shape index (κ1) is 21.0. The first-order valence-corrected chi connectivity index (χ1v) is 10.2. The zero-order valence-corrected chi connectivity index (χ0v) is 17.7. The molecular weight excluding hydrogens is 391 g/mol. The molecule has 0 aliphatic rings. The highest BCUT2D eigenvalue weighted by molar-refractivity contribution is 7.99. The standard InChI is InChI=1S/C21H23FN4O2S/c1-14(25(2)3)20-23-24-21(26(20)17-9-7-16(22)8-10-17)29-13-19(27)15-5-11-18(28-4)12-6-15/h5-12,14H,13H2,1-4H3/p+1/t14-/m1/s1. The van der Waals surface area contributed by atoms with Crippen molar-refractivity contribution in [2.24, 2.45) is 0 Å². The monoisotopic (exact) mass is 415 g/mol. The van der Waals surface area contributed by atoms with E-state index in [0.29, 0.717) is 16.5 Å². The number of hydrogen-bond acceptors (Lipinski definition) is 5. The number of aromatic nitrogens is 3. The number of benzene rings is 2. The topological polar surface area (TPSA) is 61.4 Å². The van der Waals surface area contributed by atoms with Crippen molar-refractivity contribution in [1.29, 1.82) is 0 Å². The Morgan fingerprint density at radius 2 is 1.79 bits per heavy atom. The van der Waals surface area contributed by atoms with E-state index in [1.807, 2.05) is 18.7 Å². The van der Waals surface area contributed by atoms with Crippen molar-refractivity contribution >= 4 is 17.5 Å². The number of methoxy groups -OCH3 is 1. The van der Waals surface area contributed by atoms with Gasteiger partial charge >= 0.3 is 0 Å². The van der Waals surface area contributed by atoms with Crippen molar-refractivity contribution in [2.75, 3.05) is 27.0 Å². The summed E-state index contributed by atoms with van der Waals surface area (Å²) in [5, 5.41) is 9.27. The van der Waals surface area contributed by atoms with E-state index in [1.165, 1.54) is 28.8 Å². The van der Waals surface area contributed by atoms with Crippen LogP contribution < -0.4 is 9.64 Å². The number of quaternary nitrogens is 1. The summed E-state index contributed by atoms with van der Waals surface area (Å²) in [6, 6.07) is 13.3. The van der Waals surface area contributed by atoms with Gasteiger partial charge in [-0.05, 0) is 55.5 Å². The van der Waals surface area contributed by atoms with Crippen LogP contribution >= 0.6 is 11.8 Å². The number of ketones is 1. The van der Waals surface area contributed by atoms with Crippen molar-refractivity contribution in [3.8, 4) is 11.4 Å². The maximum atomic E-state index is 13.4. The van der Waals surface area contributed by atoms with Gasteiger partial charge in [-0.25, -0.2) is 4.39 Å². The van der Waals surface area contributed by atoms with Crippen LogP contribution in [0.3, 0.4) is 0 Å². The zero-order chi connectivity index (χ0) is 21.0. The van der Waals surface area contributed by atoms with Crippen LogP contribution in [0.15, 0.2) is 53.7 Å². The molecule has 1 N–H and O–H groups in total. The fourth-order valence-corrected chi connectivity index (χ4v) is 3.59. The average Bonchev–Trinajstić information content (AvgIpc) is 3.15. The van der Waals surface area contributed by atoms with Crippen molar-refractivity contribution in [3.63, 3.8) is 0 Å². The predicted octanol–water partition coefficient (Wildman–Crippen LogP) is 2.60. The molecule has 3 aromatic rings. The molecule has 0 aliphatic carbocycles. The fourth-order valence-electron chi connectivity index (χ4n) is 2.74. The van der Waals surface area contributed by atoms with Crippen LogP contribution in [0.25, 0.3) is 5.69 Å². The molecule has 0 amide bonds. The van der Waals surface area contributed by atoms with Gasteiger partial charge in [0, 0.05) is 11.3 Å². The van der Waals surface area contributed by atoms with Crippen LogP contribution in [0.5, 0.6) is 5.75 Å². The molecule has 0 bridgehead atoms. The molecule has 1 heterocycles.